The van der Waals surface area contributed by atoms with Gasteiger partial charge in [0.2, 0.25) is 0 Å². The van der Waals surface area contributed by atoms with Crippen molar-refractivity contribution in [3.05, 3.63) is 35.5 Å². The fraction of sp³-hybridized carbons (Fsp3) is 0.308. The predicted molar refractivity (Wildman–Crippen MR) is 76.5 cm³/mol. The van der Waals surface area contributed by atoms with Crippen LogP contribution in [0.4, 0.5) is 5.69 Å². The number of aromatic nitrogens is 2. The SMILES string of the molecule is COc1cc(C)cc(NS(=O)(=O)c2ccnn2C)c1C. The van der Waals surface area contributed by atoms with Gasteiger partial charge in [-0.1, -0.05) is 0 Å². The minimum atomic E-state index is -3.67. The number of hydrogen-bond donors (Lipinski definition) is 1. The van der Waals surface area contributed by atoms with Crippen molar-refractivity contribution < 1.29 is 13.2 Å². The number of methoxy groups -OCH3 is 1. The molecule has 0 spiro atoms. The number of benzene rings is 1. The van der Waals surface area contributed by atoms with E-state index in [1.807, 2.05) is 13.0 Å². The summed E-state index contributed by atoms with van der Waals surface area (Å²) in [4.78, 5) is 0. The quantitative estimate of drug-likeness (QED) is 0.934. The van der Waals surface area contributed by atoms with Gasteiger partial charge in [0.25, 0.3) is 10.0 Å². The van der Waals surface area contributed by atoms with Crippen LogP contribution in [0.25, 0.3) is 0 Å². The van der Waals surface area contributed by atoms with Gasteiger partial charge < -0.3 is 4.74 Å². The first-order valence-electron chi connectivity index (χ1n) is 6.01. The predicted octanol–water partition coefficient (Wildman–Crippen LogP) is 1.85. The van der Waals surface area contributed by atoms with Crippen molar-refractivity contribution in [1.29, 1.82) is 0 Å². The average molecular weight is 295 g/mol. The molecule has 1 N–H and O–H groups in total. The zero-order chi connectivity index (χ0) is 14.9. The molecular formula is C13H17N3O3S. The monoisotopic (exact) mass is 295 g/mol. The number of sulfonamides is 1. The Morgan fingerprint density at radius 2 is 2.00 bits per heavy atom. The van der Waals surface area contributed by atoms with Crippen LogP contribution < -0.4 is 9.46 Å². The van der Waals surface area contributed by atoms with E-state index in [0.29, 0.717) is 11.4 Å². The highest BCUT2D eigenvalue weighted by atomic mass is 32.2. The van der Waals surface area contributed by atoms with Crippen LogP contribution in [-0.4, -0.2) is 25.3 Å². The van der Waals surface area contributed by atoms with E-state index in [1.54, 1.807) is 27.1 Å². The van der Waals surface area contributed by atoms with E-state index >= 15 is 0 Å². The molecule has 0 saturated carbocycles. The normalized spacial score (nSPS) is 11.4. The molecule has 0 radical (unpaired) electrons. The molecule has 0 unspecified atom stereocenters. The molecular weight excluding hydrogens is 278 g/mol. The molecule has 1 aromatic heterocycles. The lowest BCUT2D eigenvalue weighted by Crippen LogP contribution is -2.17. The van der Waals surface area contributed by atoms with Crippen LogP contribution >= 0.6 is 0 Å². The van der Waals surface area contributed by atoms with Gasteiger partial charge in [-0.05, 0) is 37.6 Å². The van der Waals surface area contributed by atoms with Crippen molar-refractivity contribution in [3.8, 4) is 5.75 Å². The number of anilines is 1. The number of rotatable bonds is 4. The van der Waals surface area contributed by atoms with Crippen molar-refractivity contribution in [3.63, 3.8) is 0 Å². The van der Waals surface area contributed by atoms with Gasteiger partial charge in [-0.3, -0.25) is 9.40 Å². The summed E-state index contributed by atoms with van der Waals surface area (Å²) in [5.74, 6) is 0.646. The summed E-state index contributed by atoms with van der Waals surface area (Å²) in [5, 5.41) is 3.98. The maximum atomic E-state index is 12.3. The summed E-state index contributed by atoms with van der Waals surface area (Å²) in [6.07, 6.45) is 1.44. The molecule has 0 atom stereocenters. The maximum Gasteiger partial charge on any atom is 0.279 e. The van der Waals surface area contributed by atoms with Gasteiger partial charge >= 0.3 is 0 Å². The molecule has 2 rings (SSSR count). The molecule has 0 amide bonds. The molecule has 108 valence electrons. The third kappa shape index (κ3) is 2.62. The smallest absolute Gasteiger partial charge is 0.279 e. The zero-order valence-electron chi connectivity index (χ0n) is 11.8. The second-order valence-corrected chi connectivity index (χ2v) is 6.17. The molecule has 0 saturated heterocycles. The molecule has 1 heterocycles. The van der Waals surface area contributed by atoms with E-state index in [4.69, 9.17) is 4.74 Å². The van der Waals surface area contributed by atoms with Gasteiger partial charge in [0.1, 0.15) is 5.75 Å². The Labute approximate surface area is 118 Å². The van der Waals surface area contributed by atoms with E-state index in [-0.39, 0.29) is 5.03 Å². The van der Waals surface area contributed by atoms with Crippen molar-refractivity contribution in [2.45, 2.75) is 18.9 Å². The third-order valence-electron chi connectivity index (χ3n) is 3.02. The molecule has 0 aliphatic carbocycles. The van der Waals surface area contributed by atoms with Crippen LogP contribution in [0.5, 0.6) is 5.75 Å². The Balaban J connectivity index is 2.45. The molecule has 7 heteroatoms. The summed E-state index contributed by atoms with van der Waals surface area (Å²) in [6, 6.07) is 5.08. The van der Waals surface area contributed by atoms with Crippen LogP contribution in [0, 0.1) is 13.8 Å². The molecule has 20 heavy (non-hydrogen) atoms. The van der Waals surface area contributed by atoms with Gasteiger partial charge in [0.05, 0.1) is 19.0 Å². The Hall–Kier alpha value is -2.02. The average Bonchev–Trinajstić information content (AvgIpc) is 2.80. The molecule has 0 fully saturated rings. The maximum absolute atomic E-state index is 12.3. The third-order valence-corrected chi connectivity index (χ3v) is 4.46. The van der Waals surface area contributed by atoms with Crippen LogP contribution in [-0.2, 0) is 17.1 Å². The summed E-state index contributed by atoms with van der Waals surface area (Å²) in [7, 11) is -0.532. The number of aryl methyl sites for hydroxylation is 2. The Morgan fingerprint density at radius 3 is 2.55 bits per heavy atom. The number of nitrogens with zero attached hydrogens (tertiary/aromatic N) is 2. The van der Waals surface area contributed by atoms with Crippen LogP contribution in [0.3, 0.4) is 0 Å². The van der Waals surface area contributed by atoms with Gasteiger partial charge in [0.15, 0.2) is 5.03 Å². The van der Waals surface area contributed by atoms with E-state index in [9.17, 15) is 8.42 Å². The van der Waals surface area contributed by atoms with Crippen molar-refractivity contribution >= 4 is 15.7 Å². The summed E-state index contributed by atoms with van der Waals surface area (Å²) < 4.78 is 33.8. The number of hydrogen-bond acceptors (Lipinski definition) is 4. The molecule has 0 bridgehead atoms. The van der Waals surface area contributed by atoms with E-state index in [2.05, 4.69) is 9.82 Å². The van der Waals surface area contributed by atoms with Crippen LogP contribution in [0.15, 0.2) is 29.4 Å². The van der Waals surface area contributed by atoms with Crippen molar-refractivity contribution in [2.24, 2.45) is 7.05 Å². The fourth-order valence-corrected chi connectivity index (χ4v) is 3.21. The standard InChI is InChI=1S/C13H17N3O3S/c1-9-7-11(10(2)12(8-9)19-4)15-20(17,18)13-5-6-14-16(13)3/h5-8,15H,1-4H3. The van der Waals surface area contributed by atoms with Gasteiger partial charge in [0, 0.05) is 12.6 Å². The second kappa shape index (κ2) is 5.16. The van der Waals surface area contributed by atoms with Gasteiger partial charge in [-0.25, -0.2) is 0 Å². The number of ether oxygens (including phenoxy) is 1. The fourth-order valence-electron chi connectivity index (χ4n) is 1.97. The molecule has 2 aromatic rings. The highest BCUT2D eigenvalue weighted by Crippen LogP contribution is 2.29. The minimum Gasteiger partial charge on any atom is -0.496 e. The lowest BCUT2D eigenvalue weighted by atomic mass is 10.1. The zero-order valence-corrected chi connectivity index (χ0v) is 12.7. The first-order valence-corrected chi connectivity index (χ1v) is 7.49. The van der Waals surface area contributed by atoms with Crippen molar-refractivity contribution in [1.82, 2.24) is 9.78 Å². The second-order valence-electron chi connectivity index (χ2n) is 4.54. The van der Waals surface area contributed by atoms with Gasteiger partial charge in [-0.2, -0.15) is 13.5 Å². The highest BCUT2D eigenvalue weighted by molar-refractivity contribution is 7.92. The van der Waals surface area contributed by atoms with Crippen molar-refractivity contribution in [2.75, 3.05) is 11.8 Å². The molecule has 6 nitrogen and oxygen atoms in total. The number of nitrogens with one attached hydrogen (secondary N) is 1. The minimum absolute atomic E-state index is 0.109. The first kappa shape index (κ1) is 14.4. The Kier molecular flexibility index (Phi) is 3.71. The van der Waals surface area contributed by atoms with Crippen LogP contribution in [0.1, 0.15) is 11.1 Å². The lowest BCUT2D eigenvalue weighted by molar-refractivity contribution is 0.411. The summed E-state index contributed by atoms with van der Waals surface area (Å²) in [6.45, 7) is 3.68. The topological polar surface area (TPSA) is 73.2 Å². The Morgan fingerprint density at radius 1 is 1.30 bits per heavy atom. The van der Waals surface area contributed by atoms with E-state index in [1.165, 1.54) is 16.9 Å². The Bertz CT molecular complexity index is 735. The summed E-state index contributed by atoms with van der Waals surface area (Å²) >= 11 is 0. The van der Waals surface area contributed by atoms with Crippen LogP contribution in [0.2, 0.25) is 0 Å². The van der Waals surface area contributed by atoms with E-state index in [0.717, 1.165) is 11.1 Å². The largest absolute Gasteiger partial charge is 0.496 e. The lowest BCUT2D eigenvalue weighted by Gasteiger charge is -2.14. The first-order chi connectivity index (χ1) is 9.35. The molecule has 0 aliphatic rings. The van der Waals surface area contributed by atoms with E-state index < -0.39 is 10.0 Å². The highest BCUT2D eigenvalue weighted by Gasteiger charge is 2.20. The van der Waals surface area contributed by atoms with Gasteiger partial charge in [-0.15, -0.1) is 0 Å². The molecule has 0 aliphatic heterocycles. The summed E-state index contributed by atoms with van der Waals surface area (Å²) in [5.41, 5.74) is 2.15. The molecule has 1 aromatic carbocycles.